The maximum absolute atomic E-state index is 15.0. The Hall–Kier alpha value is -2.75. The van der Waals surface area contributed by atoms with E-state index in [9.17, 15) is 9.36 Å². The van der Waals surface area contributed by atoms with E-state index in [1.807, 2.05) is 6.07 Å². The zero-order valence-electron chi connectivity index (χ0n) is 19.2. The Labute approximate surface area is 200 Å². The van der Waals surface area contributed by atoms with Gasteiger partial charge in [0.05, 0.1) is 30.3 Å². The molecule has 5 nitrogen and oxygen atoms in total. The molecule has 0 fully saturated rings. The smallest absolute Gasteiger partial charge is 0.338 e. The molecule has 7 heteroatoms. The first kappa shape index (κ1) is 24.9. The molecule has 33 heavy (non-hydrogen) atoms. The molecule has 3 aromatic rings. The fourth-order valence-corrected chi connectivity index (χ4v) is 7.49. The molecule has 0 amide bonds. The summed E-state index contributed by atoms with van der Waals surface area (Å²) in [5.74, 6) is 0.812. The highest BCUT2D eigenvalue weighted by atomic mass is 35.5. The summed E-state index contributed by atoms with van der Waals surface area (Å²) >= 11 is 6.82. The SMILES string of the molecule is COc1ccc(P(=O)(c2ccc(OC)cc2)C(COC(=O)c2ccccc2)C(C)(C)Cl)cc1. The summed E-state index contributed by atoms with van der Waals surface area (Å²) in [6.07, 6.45) is 0. The fourth-order valence-electron chi connectivity index (χ4n) is 3.66. The predicted molar refractivity (Wildman–Crippen MR) is 133 cm³/mol. The van der Waals surface area contributed by atoms with Crippen molar-refractivity contribution in [1.29, 1.82) is 0 Å². The Kier molecular flexibility index (Phi) is 7.88. The summed E-state index contributed by atoms with van der Waals surface area (Å²) in [7, 11) is -0.234. The Morgan fingerprint density at radius 3 is 1.70 bits per heavy atom. The van der Waals surface area contributed by atoms with Gasteiger partial charge in [-0.2, -0.15) is 0 Å². The van der Waals surface area contributed by atoms with Gasteiger partial charge in [-0.3, -0.25) is 0 Å². The van der Waals surface area contributed by atoms with Crippen LogP contribution in [0.4, 0.5) is 0 Å². The van der Waals surface area contributed by atoms with Crippen molar-refractivity contribution in [1.82, 2.24) is 0 Å². The molecule has 0 saturated heterocycles. The van der Waals surface area contributed by atoms with E-state index in [-0.39, 0.29) is 6.61 Å². The third-order valence-corrected chi connectivity index (χ3v) is 9.74. The molecule has 3 rings (SSSR count). The Bertz CT molecular complexity index is 1050. The van der Waals surface area contributed by atoms with Crippen molar-refractivity contribution in [2.24, 2.45) is 0 Å². The molecule has 174 valence electrons. The first-order valence-electron chi connectivity index (χ1n) is 10.5. The largest absolute Gasteiger partial charge is 0.497 e. The number of alkyl halides is 1. The van der Waals surface area contributed by atoms with Crippen LogP contribution in [0.3, 0.4) is 0 Å². The van der Waals surface area contributed by atoms with Crippen LogP contribution < -0.4 is 20.1 Å². The van der Waals surface area contributed by atoms with Crippen LogP contribution in [0.15, 0.2) is 78.9 Å². The third kappa shape index (κ3) is 5.61. The monoisotopic (exact) mass is 486 g/mol. The summed E-state index contributed by atoms with van der Waals surface area (Å²) in [4.78, 5) is 11.7. The van der Waals surface area contributed by atoms with Crippen molar-refractivity contribution in [3.05, 3.63) is 84.4 Å². The molecule has 0 aliphatic rings. The normalized spacial score (nSPS) is 12.6. The van der Waals surface area contributed by atoms with E-state index >= 15 is 0 Å². The number of ether oxygens (including phenoxy) is 3. The molecule has 0 aromatic heterocycles. The molecular formula is C26H28ClO5P. The Morgan fingerprint density at radius 1 is 0.848 bits per heavy atom. The molecule has 0 spiro atoms. The van der Waals surface area contributed by atoms with E-state index in [0.717, 1.165) is 0 Å². The number of hydrogen-bond donors (Lipinski definition) is 0. The maximum Gasteiger partial charge on any atom is 0.338 e. The van der Waals surface area contributed by atoms with E-state index in [2.05, 4.69) is 0 Å². The average Bonchev–Trinajstić information content (AvgIpc) is 2.83. The Morgan fingerprint density at radius 2 is 1.30 bits per heavy atom. The molecular weight excluding hydrogens is 459 g/mol. The van der Waals surface area contributed by atoms with Gasteiger partial charge < -0.3 is 18.8 Å². The minimum Gasteiger partial charge on any atom is -0.497 e. The second-order valence-corrected chi connectivity index (χ2v) is 12.0. The third-order valence-electron chi connectivity index (χ3n) is 5.53. The van der Waals surface area contributed by atoms with Gasteiger partial charge in [-0.15, -0.1) is 11.6 Å². The molecule has 0 aliphatic heterocycles. The summed E-state index contributed by atoms with van der Waals surface area (Å²) in [5.41, 5.74) is -0.270. The second kappa shape index (κ2) is 10.5. The molecule has 1 atom stereocenters. The standard InChI is InChI=1S/C26H28ClO5P/c1-26(2,27)24(18-32-25(28)19-8-6-5-7-9-19)33(29,22-14-10-20(30-3)11-15-22)23-16-12-21(31-4)13-17-23/h5-17,24H,18H2,1-4H3. The number of esters is 1. The molecule has 0 aliphatic carbocycles. The summed E-state index contributed by atoms with van der Waals surface area (Å²) in [5, 5.41) is 1.20. The van der Waals surface area contributed by atoms with Crippen LogP contribution in [0.25, 0.3) is 0 Å². The van der Waals surface area contributed by atoms with Crippen molar-refractivity contribution in [2.75, 3.05) is 20.8 Å². The number of rotatable bonds is 9. The van der Waals surface area contributed by atoms with Gasteiger partial charge in [-0.1, -0.05) is 18.2 Å². The lowest BCUT2D eigenvalue weighted by molar-refractivity contribution is 0.0496. The molecule has 0 saturated carbocycles. The molecule has 0 radical (unpaired) electrons. The first-order chi connectivity index (χ1) is 15.7. The van der Waals surface area contributed by atoms with Crippen LogP contribution in [0.5, 0.6) is 11.5 Å². The van der Waals surface area contributed by atoms with E-state index < -0.39 is 23.6 Å². The predicted octanol–water partition coefficient (Wildman–Crippen LogP) is 5.26. The van der Waals surface area contributed by atoms with Crippen molar-refractivity contribution >= 4 is 35.3 Å². The van der Waals surface area contributed by atoms with Gasteiger partial charge in [0.1, 0.15) is 18.1 Å². The van der Waals surface area contributed by atoms with E-state index in [1.165, 1.54) is 0 Å². The van der Waals surface area contributed by atoms with Crippen molar-refractivity contribution in [3.8, 4) is 11.5 Å². The second-order valence-electron chi connectivity index (χ2n) is 8.10. The van der Waals surface area contributed by atoms with E-state index in [4.69, 9.17) is 25.8 Å². The Balaban J connectivity index is 2.07. The minimum atomic E-state index is -3.38. The number of halogens is 1. The number of benzene rings is 3. The highest BCUT2D eigenvalue weighted by Gasteiger charge is 2.45. The summed E-state index contributed by atoms with van der Waals surface area (Å²) in [6, 6.07) is 22.9. The van der Waals surface area contributed by atoms with Crippen molar-refractivity contribution in [3.63, 3.8) is 0 Å². The highest BCUT2D eigenvalue weighted by Crippen LogP contribution is 2.54. The lowest BCUT2D eigenvalue weighted by Crippen LogP contribution is -2.41. The van der Waals surface area contributed by atoms with Gasteiger partial charge in [-0.25, -0.2) is 4.79 Å². The topological polar surface area (TPSA) is 61.8 Å². The zero-order valence-corrected chi connectivity index (χ0v) is 20.8. The number of carbonyl (C=O) groups is 1. The van der Waals surface area contributed by atoms with Gasteiger partial charge in [-0.05, 0) is 74.5 Å². The van der Waals surface area contributed by atoms with Crippen molar-refractivity contribution < 1.29 is 23.6 Å². The van der Waals surface area contributed by atoms with Gasteiger partial charge >= 0.3 is 5.97 Å². The fraction of sp³-hybridized carbons (Fsp3) is 0.269. The van der Waals surface area contributed by atoms with E-state index in [1.54, 1.807) is 101 Å². The first-order valence-corrected chi connectivity index (χ1v) is 12.7. The minimum absolute atomic E-state index is 0.112. The van der Waals surface area contributed by atoms with Crippen LogP contribution in [-0.4, -0.2) is 37.3 Å². The number of carbonyl (C=O) groups excluding carboxylic acids is 1. The lowest BCUT2D eigenvalue weighted by Gasteiger charge is -2.36. The van der Waals surface area contributed by atoms with Crippen LogP contribution >= 0.6 is 18.7 Å². The van der Waals surface area contributed by atoms with Gasteiger partial charge in [0.25, 0.3) is 0 Å². The molecule has 3 aromatic carbocycles. The zero-order chi connectivity index (χ0) is 24.1. The van der Waals surface area contributed by atoms with E-state index in [0.29, 0.717) is 27.7 Å². The summed E-state index contributed by atoms with van der Waals surface area (Å²) < 4.78 is 31.1. The maximum atomic E-state index is 15.0. The molecule has 1 unspecified atom stereocenters. The van der Waals surface area contributed by atoms with Crippen LogP contribution in [0, 0.1) is 0 Å². The quantitative estimate of drug-likeness (QED) is 0.234. The van der Waals surface area contributed by atoms with Gasteiger partial charge in [0, 0.05) is 10.6 Å². The van der Waals surface area contributed by atoms with Gasteiger partial charge in [0.2, 0.25) is 0 Å². The van der Waals surface area contributed by atoms with Crippen LogP contribution in [0.2, 0.25) is 0 Å². The van der Waals surface area contributed by atoms with Crippen LogP contribution in [-0.2, 0) is 9.30 Å². The number of hydrogen-bond acceptors (Lipinski definition) is 5. The van der Waals surface area contributed by atoms with Crippen LogP contribution in [0.1, 0.15) is 24.2 Å². The summed E-state index contributed by atoms with van der Waals surface area (Å²) in [6.45, 7) is 3.46. The lowest BCUT2D eigenvalue weighted by atomic mass is 10.1. The molecule has 0 heterocycles. The molecule has 0 N–H and O–H groups in total. The van der Waals surface area contributed by atoms with Gasteiger partial charge in [0.15, 0.2) is 7.14 Å². The van der Waals surface area contributed by atoms with Crippen molar-refractivity contribution in [2.45, 2.75) is 24.4 Å². The number of methoxy groups -OCH3 is 2. The average molecular weight is 487 g/mol. The highest BCUT2D eigenvalue weighted by molar-refractivity contribution is 7.79. The molecule has 0 bridgehead atoms.